The van der Waals surface area contributed by atoms with Crippen LogP contribution in [0.2, 0.25) is 0 Å². The third-order valence-corrected chi connectivity index (χ3v) is 8.73. The molecule has 0 saturated carbocycles. The van der Waals surface area contributed by atoms with Crippen LogP contribution >= 0.6 is 11.8 Å². The van der Waals surface area contributed by atoms with Crippen LogP contribution in [-0.2, 0) is 9.59 Å². The van der Waals surface area contributed by atoms with Gasteiger partial charge in [-0.05, 0) is 83.9 Å². The Morgan fingerprint density at radius 1 is 0.667 bits per heavy atom. The first-order valence-corrected chi connectivity index (χ1v) is 16.4. The monoisotopic (exact) mass is 647 g/mol. The molecule has 0 aromatic heterocycles. The maximum absolute atomic E-state index is 13.9. The van der Waals surface area contributed by atoms with Crippen molar-refractivity contribution in [3.8, 4) is 0 Å². The molecule has 0 fully saturated rings. The van der Waals surface area contributed by atoms with Crippen LogP contribution in [0.1, 0.15) is 22.8 Å². The maximum atomic E-state index is 13.9. The standard InChI is InChI=1S/C41H33N3O3S/c1-29(41(47)44(34-21-7-3-8-22-34)35-23-9-4-10-24-35)48-36-25-14-20-33(28-36)42-40(46)38(43-39(45)31-16-5-2-6-17-31)27-32-19-13-18-30-15-11-12-26-37(30)32/h2-29H,1H3,(H,42,46)(H,43,45)/b38-27-. The lowest BCUT2D eigenvalue weighted by Gasteiger charge is -2.26. The van der Waals surface area contributed by atoms with Crippen LogP contribution in [0.25, 0.3) is 16.8 Å². The number of nitrogens with zero attached hydrogens (tertiary/aromatic N) is 1. The number of thioether (sulfide) groups is 1. The summed E-state index contributed by atoms with van der Waals surface area (Å²) < 4.78 is 0. The van der Waals surface area contributed by atoms with E-state index in [9.17, 15) is 14.4 Å². The van der Waals surface area contributed by atoms with E-state index in [4.69, 9.17) is 0 Å². The van der Waals surface area contributed by atoms with Crippen LogP contribution < -0.4 is 15.5 Å². The van der Waals surface area contributed by atoms with Gasteiger partial charge in [0.15, 0.2) is 0 Å². The molecular weight excluding hydrogens is 615 g/mol. The van der Waals surface area contributed by atoms with Gasteiger partial charge in [-0.25, -0.2) is 0 Å². The Labute approximate surface area is 284 Å². The molecule has 0 aliphatic heterocycles. The number of amides is 3. The van der Waals surface area contributed by atoms with Crippen molar-refractivity contribution in [3.05, 3.63) is 175 Å². The predicted octanol–water partition coefficient (Wildman–Crippen LogP) is 9.09. The topological polar surface area (TPSA) is 78.5 Å². The molecule has 6 nitrogen and oxygen atoms in total. The molecule has 1 unspecified atom stereocenters. The second-order valence-electron chi connectivity index (χ2n) is 11.0. The zero-order chi connectivity index (χ0) is 33.3. The Hall–Kier alpha value is -5.92. The van der Waals surface area contributed by atoms with Gasteiger partial charge < -0.3 is 10.6 Å². The molecule has 1 atom stereocenters. The average Bonchev–Trinajstić information content (AvgIpc) is 3.13. The summed E-state index contributed by atoms with van der Waals surface area (Å²) in [6.07, 6.45) is 1.69. The fraction of sp³-hybridized carbons (Fsp3) is 0.0488. The summed E-state index contributed by atoms with van der Waals surface area (Å²) in [7, 11) is 0. The van der Waals surface area contributed by atoms with E-state index in [1.165, 1.54) is 11.8 Å². The van der Waals surface area contributed by atoms with E-state index in [1.54, 1.807) is 41.3 Å². The van der Waals surface area contributed by atoms with Gasteiger partial charge in [-0.15, -0.1) is 11.8 Å². The van der Waals surface area contributed by atoms with Crippen LogP contribution in [-0.4, -0.2) is 23.0 Å². The lowest BCUT2D eigenvalue weighted by atomic mass is 10.0. The molecule has 0 bridgehead atoms. The number of rotatable bonds is 10. The van der Waals surface area contributed by atoms with Gasteiger partial charge in [-0.3, -0.25) is 19.3 Å². The van der Waals surface area contributed by atoms with Gasteiger partial charge >= 0.3 is 0 Å². The molecule has 6 aromatic carbocycles. The Balaban J connectivity index is 1.24. The van der Waals surface area contributed by atoms with Gasteiger partial charge in [0.25, 0.3) is 11.8 Å². The molecule has 0 radical (unpaired) electrons. The first-order chi connectivity index (χ1) is 23.5. The summed E-state index contributed by atoms with van der Waals surface area (Å²) in [4.78, 5) is 43.4. The quantitative estimate of drug-likeness (QED) is 0.115. The van der Waals surface area contributed by atoms with Gasteiger partial charge in [-0.1, -0.05) is 103 Å². The summed E-state index contributed by atoms with van der Waals surface area (Å²) in [6, 6.07) is 49.0. The summed E-state index contributed by atoms with van der Waals surface area (Å²) in [5, 5.41) is 7.31. The van der Waals surface area contributed by atoms with Crippen molar-refractivity contribution in [2.45, 2.75) is 17.1 Å². The number of hydrogen-bond donors (Lipinski definition) is 2. The van der Waals surface area contributed by atoms with E-state index in [1.807, 2.05) is 134 Å². The van der Waals surface area contributed by atoms with E-state index in [0.717, 1.165) is 32.6 Å². The summed E-state index contributed by atoms with van der Waals surface area (Å²) in [5.41, 5.74) is 3.43. The summed E-state index contributed by atoms with van der Waals surface area (Å²) in [6.45, 7) is 1.88. The second kappa shape index (κ2) is 15.1. The highest BCUT2D eigenvalue weighted by Crippen LogP contribution is 2.32. The first-order valence-electron chi connectivity index (χ1n) is 15.5. The Kier molecular flexibility index (Phi) is 10.1. The molecule has 48 heavy (non-hydrogen) atoms. The highest BCUT2D eigenvalue weighted by atomic mass is 32.2. The average molecular weight is 648 g/mol. The third kappa shape index (κ3) is 7.71. The predicted molar refractivity (Wildman–Crippen MR) is 196 cm³/mol. The molecule has 6 aromatic rings. The number of carbonyl (C=O) groups is 3. The van der Waals surface area contributed by atoms with Crippen molar-refractivity contribution in [3.63, 3.8) is 0 Å². The minimum atomic E-state index is -0.474. The summed E-state index contributed by atoms with van der Waals surface area (Å²) >= 11 is 1.40. The second-order valence-corrected chi connectivity index (χ2v) is 12.4. The largest absolute Gasteiger partial charge is 0.321 e. The van der Waals surface area contributed by atoms with E-state index in [0.29, 0.717) is 11.3 Å². The fourth-order valence-electron chi connectivity index (χ4n) is 5.31. The molecule has 0 aliphatic carbocycles. The highest BCUT2D eigenvalue weighted by Gasteiger charge is 2.25. The van der Waals surface area contributed by atoms with Gasteiger partial charge in [0.2, 0.25) is 5.91 Å². The van der Waals surface area contributed by atoms with Gasteiger partial charge in [0.05, 0.1) is 5.25 Å². The number of nitrogens with one attached hydrogen (secondary N) is 2. The smallest absolute Gasteiger partial charge is 0.272 e. The van der Waals surface area contributed by atoms with Crippen molar-refractivity contribution < 1.29 is 14.4 Å². The maximum Gasteiger partial charge on any atom is 0.272 e. The molecule has 3 amide bonds. The van der Waals surface area contributed by atoms with Crippen LogP contribution in [0.4, 0.5) is 17.1 Å². The van der Waals surface area contributed by atoms with Gasteiger partial charge in [0, 0.05) is 27.5 Å². The third-order valence-electron chi connectivity index (χ3n) is 7.65. The van der Waals surface area contributed by atoms with E-state index in [-0.39, 0.29) is 11.6 Å². The van der Waals surface area contributed by atoms with Crippen LogP contribution in [0.15, 0.2) is 168 Å². The molecule has 0 heterocycles. The number of para-hydroxylation sites is 2. The van der Waals surface area contributed by atoms with Crippen molar-refractivity contribution in [2.24, 2.45) is 0 Å². The normalized spacial score (nSPS) is 11.8. The first kappa shape index (κ1) is 32.0. The SMILES string of the molecule is CC(Sc1cccc(NC(=O)/C(=C/c2cccc3ccccc23)NC(=O)c2ccccc2)c1)C(=O)N(c1ccccc1)c1ccccc1. The molecule has 0 aliphatic rings. The lowest BCUT2D eigenvalue weighted by Crippen LogP contribution is -2.32. The molecule has 0 saturated heterocycles. The highest BCUT2D eigenvalue weighted by molar-refractivity contribution is 8.00. The molecule has 236 valence electrons. The number of carbonyl (C=O) groups excluding carboxylic acids is 3. The minimum Gasteiger partial charge on any atom is -0.321 e. The van der Waals surface area contributed by atoms with Crippen molar-refractivity contribution in [1.29, 1.82) is 0 Å². The number of fused-ring (bicyclic) bond motifs is 1. The van der Waals surface area contributed by atoms with Gasteiger partial charge in [-0.2, -0.15) is 0 Å². The van der Waals surface area contributed by atoms with E-state index in [2.05, 4.69) is 10.6 Å². The molecular formula is C41H33N3O3S. The number of anilines is 3. The molecule has 6 rings (SSSR count). The van der Waals surface area contributed by atoms with Crippen molar-refractivity contribution in [1.82, 2.24) is 5.32 Å². The summed E-state index contributed by atoms with van der Waals surface area (Å²) in [5.74, 6) is -0.941. The van der Waals surface area contributed by atoms with E-state index >= 15 is 0 Å². The van der Waals surface area contributed by atoms with Gasteiger partial charge in [0.1, 0.15) is 5.70 Å². The molecule has 7 heteroatoms. The molecule has 0 spiro atoms. The van der Waals surface area contributed by atoms with E-state index < -0.39 is 17.1 Å². The number of benzene rings is 6. The zero-order valence-corrected chi connectivity index (χ0v) is 27.1. The lowest BCUT2D eigenvalue weighted by molar-refractivity contribution is -0.117. The fourth-order valence-corrected chi connectivity index (χ4v) is 6.28. The molecule has 2 N–H and O–H groups in total. The van der Waals surface area contributed by atoms with Crippen molar-refractivity contribution in [2.75, 3.05) is 10.2 Å². The Bertz CT molecular complexity index is 2040. The Morgan fingerprint density at radius 2 is 1.25 bits per heavy atom. The zero-order valence-electron chi connectivity index (χ0n) is 26.2. The van der Waals surface area contributed by atoms with Crippen LogP contribution in [0, 0.1) is 0 Å². The van der Waals surface area contributed by atoms with Crippen LogP contribution in [0.5, 0.6) is 0 Å². The Morgan fingerprint density at radius 3 is 1.94 bits per heavy atom. The minimum absolute atomic E-state index is 0.0734. The number of hydrogen-bond acceptors (Lipinski definition) is 4. The van der Waals surface area contributed by atoms with Crippen molar-refractivity contribution >= 4 is 63.4 Å². The van der Waals surface area contributed by atoms with Crippen LogP contribution in [0.3, 0.4) is 0 Å².